The molecule has 0 aliphatic rings. The lowest BCUT2D eigenvalue weighted by Gasteiger charge is -2.21. The van der Waals surface area contributed by atoms with Gasteiger partial charge in [0.15, 0.2) is 5.82 Å². The fourth-order valence-corrected chi connectivity index (χ4v) is 1.97. The summed E-state index contributed by atoms with van der Waals surface area (Å²) in [6, 6.07) is 7.80. The van der Waals surface area contributed by atoms with E-state index in [9.17, 15) is 0 Å². The first kappa shape index (κ1) is 11.8. The first-order valence-electron chi connectivity index (χ1n) is 6.18. The fourth-order valence-electron chi connectivity index (χ4n) is 1.97. The van der Waals surface area contributed by atoms with E-state index in [1.165, 1.54) is 0 Å². The van der Waals surface area contributed by atoms with Crippen LogP contribution in [0.3, 0.4) is 0 Å². The van der Waals surface area contributed by atoms with Crippen LogP contribution in [0.5, 0.6) is 0 Å². The molecule has 19 heavy (non-hydrogen) atoms. The molecule has 0 aliphatic carbocycles. The molecule has 2 heterocycles. The summed E-state index contributed by atoms with van der Waals surface area (Å²) in [5.74, 6) is 0.741. The van der Waals surface area contributed by atoms with E-state index < -0.39 is 0 Å². The second-order valence-corrected chi connectivity index (χ2v) is 5.44. The molecule has 0 saturated carbocycles. The molecule has 5 heteroatoms. The van der Waals surface area contributed by atoms with E-state index in [-0.39, 0.29) is 5.54 Å². The predicted octanol–water partition coefficient (Wildman–Crippen LogP) is 2.64. The Bertz CT molecular complexity index is 724. The topological polar surface area (TPSA) is 56.5 Å². The normalized spacial score (nSPS) is 11.9. The average molecular weight is 253 g/mol. The van der Waals surface area contributed by atoms with Gasteiger partial charge in [-0.05, 0) is 32.9 Å². The van der Waals surface area contributed by atoms with E-state index in [0.717, 1.165) is 22.6 Å². The Balaban J connectivity index is 2.17. The number of rotatable bonds is 1. The van der Waals surface area contributed by atoms with E-state index in [4.69, 9.17) is 0 Å². The maximum atomic E-state index is 4.61. The van der Waals surface area contributed by atoms with Crippen molar-refractivity contribution in [3.05, 3.63) is 36.8 Å². The van der Waals surface area contributed by atoms with Crippen molar-refractivity contribution in [2.75, 3.05) is 0 Å². The van der Waals surface area contributed by atoms with Crippen LogP contribution in [0.15, 0.2) is 36.8 Å². The number of benzene rings is 1. The van der Waals surface area contributed by atoms with Crippen molar-refractivity contribution < 1.29 is 0 Å². The number of aromatic nitrogens is 5. The zero-order valence-corrected chi connectivity index (χ0v) is 11.2. The molecule has 3 rings (SSSR count). The number of nitrogens with zero attached hydrogens (tertiary/aromatic N) is 5. The highest BCUT2D eigenvalue weighted by Crippen LogP contribution is 2.22. The molecule has 0 atom stereocenters. The van der Waals surface area contributed by atoms with Crippen LogP contribution >= 0.6 is 0 Å². The predicted molar refractivity (Wildman–Crippen MR) is 73.6 cm³/mol. The molecule has 0 aliphatic heterocycles. The van der Waals surface area contributed by atoms with Crippen molar-refractivity contribution in [3.8, 4) is 11.5 Å². The molecule has 96 valence electrons. The van der Waals surface area contributed by atoms with Gasteiger partial charge in [0.1, 0.15) is 12.0 Å². The highest BCUT2D eigenvalue weighted by Gasteiger charge is 2.19. The maximum absolute atomic E-state index is 4.61. The summed E-state index contributed by atoms with van der Waals surface area (Å²) in [5.41, 5.74) is 2.40. The highest BCUT2D eigenvalue weighted by atomic mass is 15.3. The molecule has 0 radical (unpaired) electrons. The molecule has 0 saturated heterocycles. The van der Waals surface area contributed by atoms with Crippen LogP contribution in [0.25, 0.3) is 22.6 Å². The minimum atomic E-state index is -0.0911. The molecule has 0 N–H and O–H groups in total. The van der Waals surface area contributed by atoms with Crippen LogP contribution in [0.4, 0.5) is 0 Å². The van der Waals surface area contributed by atoms with Crippen molar-refractivity contribution in [3.63, 3.8) is 0 Å². The fraction of sp³-hybridized carbons (Fsp3) is 0.286. The second-order valence-electron chi connectivity index (χ2n) is 5.44. The van der Waals surface area contributed by atoms with Crippen LogP contribution in [-0.2, 0) is 5.54 Å². The Labute approximate surface area is 111 Å². The van der Waals surface area contributed by atoms with Gasteiger partial charge < -0.3 is 4.57 Å². The Kier molecular flexibility index (Phi) is 2.55. The zero-order chi connectivity index (χ0) is 13.5. The number of fused-ring (bicyclic) bond motifs is 1. The van der Waals surface area contributed by atoms with Gasteiger partial charge in [-0.2, -0.15) is 0 Å². The minimum absolute atomic E-state index is 0.0911. The second kappa shape index (κ2) is 4.12. The van der Waals surface area contributed by atoms with E-state index in [1.54, 1.807) is 12.5 Å². The lowest BCUT2D eigenvalue weighted by atomic mass is 10.1. The quantitative estimate of drug-likeness (QED) is 0.669. The highest BCUT2D eigenvalue weighted by molar-refractivity contribution is 5.75. The van der Waals surface area contributed by atoms with E-state index >= 15 is 0 Å². The van der Waals surface area contributed by atoms with Gasteiger partial charge in [0.2, 0.25) is 0 Å². The summed E-state index contributed by atoms with van der Waals surface area (Å²) in [4.78, 5) is 9.02. The largest absolute Gasteiger partial charge is 0.307 e. The van der Waals surface area contributed by atoms with E-state index in [1.807, 2.05) is 28.8 Å². The van der Waals surface area contributed by atoms with Crippen molar-refractivity contribution >= 4 is 11.0 Å². The van der Waals surface area contributed by atoms with Gasteiger partial charge in [-0.3, -0.25) is 4.98 Å². The third-order valence-corrected chi connectivity index (χ3v) is 2.95. The molecule has 0 spiro atoms. The van der Waals surface area contributed by atoms with Crippen LogP contribution in [0.2, 0.25) is 0 Å². The van der Waals surface area contributed by atoms with Gasteiger partial charge in [0, 0.05) is 5.54 Å². The van der Waals surface area contributed by atoms with Crippen LogP contribution in [0.1, 0.15) is 20.8 Å². The molecule has 0 unspecified atom stereocenters. The monoisotopic (exact) mass is 253 g/mol. The van der Waals surface area contributed by atoms with Crippen molar-refractivity contribution in [2.45, 2.75) is 26.3 Å². The molecular weight excluding hydrogens is 238 g/mol. The number of hydrogen-bond acceptors (Lipinski definition) is 4. The number of hydrogen-bond donors (Lipinski definition) is 0. The molecular formula is C14H15N5. The minimum Gasteiger partial charge on any atom is -0.307 e. The maximum Gasteiger partial charge on any atom is 0.184 e. The Morgan fingerprint density at radius 1 is 1.05 bits per heavy atom. The summed E-state index contributed by atoms with van der Waals surface area (Å²) in [6.45, 7) is 6.32. The first-order valence-corrected chi connectivity index (χ1v) is 6.18. The molecule has 5 nitrogen and oxygen atoms in total. The van der Waals surface area contributed by atoms with Gasteiger partial charge >= 0.3 is 0 Å². The van der Waals surface area contributed by atoms with Crippen LogP contribution in [0, 0.1) is 0 Å². The van der Waals surface area contributed by atoms with Gasteiger partial charge in [0.05, 0.1) is 17.2 Å². The molecule has 0 fully saturated rings. The third kappa shape index (κ3) is 2.07. The smallest absolute Gasteiger partial charge is 0.184 e. The summed E-state index contributed by atoms with van der Waals surface area (Å²) < 4.78 is 2.01. The Hall–Kier alpha value is -2.30. The summed E-state index contributed by atoms with van der Waals surface area (Å²) in [5, 5.41) is 8.16. The van der Waals surface area contributed by atoms with E-state index in [2.05, 4.69) is 40.9 Å². The standard InChI is InChI=1S/C14H15N5/c1-14(2,3)19-9-16-18-13(19)12-8-15-10-6-4-5-7-11(10)17-12/h4-9H,1-3H3. The summed E-state index contributed by atoms with van der Waals surface area (Å²) >= 11 is 0. The SMILES string of the molecule is CC(C)(C)n1cnnc1-c1cnc2ccccc2n1. The average Bonchev–Trinajstić information content (AvgIpc) is 2.87. The van der Waals surface area contributed by atoms with Gasteiger partial charge in [-0.25, -0.2) is 4.98 Å². The van der Waals surface area contributed by atoms with Crippen molar-refractivity contribution in [2.24, 2.45) is 0 Å². The molecule has 0 bridgehead atoms. The van der Waals surface area contributed by atoms with Crippen LogP contribution < -0.4 is 0 Å². The van der Waals surface area contributed by atoms with Crippen LogP contribution in [-0.4, -0.2) is 24.7 Å². The zero-order valence-electron chi connectivity index (χ0n) is 11.2. The van der Waals surface area contributed by atoms with Gasteiger partial charge in [-0.15, -0.1) is 10.2 Å². The third-order valence-electron chi connectivity index (χ3n) is 2.95. The lowest BCUT2D eigenvalue weighted by Crippen LogP contribution is -2.22. The molecule has 1 aromatic carbocycles. The first-order chi connectivity index (χ1) is 9.05. The summed E-state index contributed by atoms with van der Waals surface area (Å²) in [6.07, 6.45) is 3.47. The lowest BCUT2D eigenvalue weighted by molar-refractivity contribution is 0.399. The number of para-hydroxylation sites is 2. The molecule has 0 amide bonds. The Morgan fingerprint density at radius 3 is 2.53 bits per heavy atom. The Morgan fingerprint density at radius 2 is 1.79 bits per heavy atom. The van der Waals surface area contributed by atoms with Gasteiger partial charge in [-0.1, -0.05) is 12.1 Å². The van der Waals surface area contributed by atoms with Gasteiger partial charge in [0.25, 0.3) is 0 Å². The summed E-state index contributed by atoms with van der Waals surface area (Å²) in [7, 11) is 0. The van der Waals surface area contributed by atoms with Crippen molar-refractivity contribution in [1.82, 2.24) is 24.7 Å². The van der Waals surface area contributed by atoms with Crippen molar-refractivity contribution in [1.29, 1.82) is 0 Å². The molecule has 2 aromatic heterocycles. The molecule has 3 aromatic rings. The van der Waals surface area contributed by atoms with E-state index in [0.29, 0.717) is 0 Å².